The molecule has 0 saturated carbocycles. The first-order chi connectivity index (χ1) is 13.9. The highest BCUT2D eigenvalue weighted by Gasteiger charge is 2.43. The van der Waals surface area contributed by atoms with E-state index >= 15 is 0 Å². The molecule has 2 aliphatic rings. The molecule has 2 heterocycles. The number of carbonyl (C=O) groups is 2. The van der Waals surface area contributed by atoms with Gasteiger partial charge in [0.25, 0.3) is 0 Å². The molecule has 166 valence electrons. The summed E-state index contributed by atoms with van der Waals surface area (Å²) in [6.07, 6.45) is 0.455. The number of nitrogens with zero attached hydrogens (tertiary/aromatic N) is 2. The first-order valence-corrected chi connectivity index (χ1v) is 12.2. The second-order valence-electron chi connectivity index (χ2n) is 9.22. The Hall–Kier alpha value is -1.93. The number of nitrogens with one attached hydrogen (secondary N) is 1. The van der Waals surface area contributed by atoms with Crippen LogP contribution < -0.4 is 5.32 Å². The molecule has 0 aliphatic carbocycles. The Bertz CT molecular complexity index is 908. The van der Waals surface area contributed by atoms with Gasteiger partial charge in [-0.1, -0.05) is 53.7 Å². The van der Waals surface area contributed by atoms with E-state index in [-0.39, 0.29) is 30.8 Å². The largest absolute Gasteiger partial charge is 0.329 e. The molecule has 2 saturated heterocycles. The van der Waals surface area contributed by atoms with Gasteiger partial charge in [0.15, 0.2) is 0 Å². The molecule has 3 rings (SSSR count). The SMILES string of the molecule is CC(C)c1cc(C(C)C)c(S(=O)(=O)N2CCC(N3C(=O)CNC3=O)C2)c(C(C)C)c1. The normalized spacial score (nSPS) is 20.8. The van der Waals surface area contributed by atoms with E-state index in [1.807, 2.05) is 39.8 Å². The second kappa shape index (κ2) is 8.30. The van der Waals surface area contributed by atoms with Crippen molar-refractivity contribution in [3.8, 4) is 0 Å². The molecule has 8 heteroatoms. The average Bonchev–Trinajstić information content (AvgIpc) is 3.27. The fourth-order valence-corrected chi connectivity index (χ4v) is 6.42. The second-order valence-corrected chi connectivity index (χ2v) is 11.1. The lowest BCUT2D eigenvalue weighted by atomic mass is 9.89. The lowest BCUT2D eigenvalue weighted by Gasteiger charge is -2.26. The van der Waals surface area contributed by atoms with E-state index in [1.54, 1.807) is 0 Å². The molecule has 7 nitrogen and oxygen atoms in total. The van der Waals surface area contributed by atoms with Crippen molar-refractivity contribution < 1.29 is 18.0 Å². The highest BCUT2D eigenvalue weighted by molar-refractivity contribution is 7.89. The van der Waals surface area contributed by atoms with E-state index in [1.165, 1.54) is 9.21 Å². The third-order valence-corrected chi connectivity index (χ3v) is 8.05. The number of imide groups is 1. The summed E-state index contributed by atoms with van der Waals surface area (Å²) in [6.45, 7) is 12.7. The summed E-state index contributed by atoms with van der Waals surface area (Å²) in [5.41, 5.74) is 2.81. The van der Waals surface area contributed by atoms with Crippen molar-refractivity contribution in [3.63, 3.8) is 0 Å². The summed E-state index contributed by atoms with van der Waals surface area (Å²) >= 11 is 0. The van der Waals surface area contributed by atoms with Gasteiger partial charge in [0.1, 0.15) is 0 Å². The smallest absolute Gasteiger partial charge is 0.324 e. The first kappa shape index (κ1) is 22.7. The lowest BCUT2D eigenvalue weighted by molar-refractivity contribution is -0.126. The zero-order chi connectivity index (χ0) is 22.4. The van der Waals surface area contributed by atoms with Crippen molar-refractivity contribution in [1.29, 1.82) is 0 Å². The Kier molecular flexibility index (Phi) is 6.30. The molecule has 30 heavy (non-hydrogen) atoms. The van der Waals surface area contributed by atoms with Gasteiger partial charge in [-0.25, -0.2) is 13.2 Å². The Balaban J connectivity index is 2.04. The molecule has 2 aliphatic heterocycles. The lowest BCUT2D eigenvalue weighted by Crippen LogP contribution is -2.43. The van der Waals surface area contributed by atoms with Crippen molar-refractivity contribution in [2.75, 3.05) is 19.6 Å². The fourth-order valence-electron chi connectivity index (χ4n) is 4.26. The van der Waals surface area contributed by atoms with E-state index in [9.17, 15) is 18.0 Å². The van der Waals surface area contributed by atoms with Crippen LogP contribution in [0.4, 0.5) is 4.79 Å². The monoisotopic (exact) mass is 435 g/mol. The molecule has 1 aromatic carbocycles. The van der Waals surface area contributed by atoms with Crippen molar-refractivity contribution >= 4 is 22.0 Å². The number of hydrogen-bond acceptors (Lipinski definition) is 4. The maximum absolute atomic E-state index is 13.8. The first-order valence-electron chi connectivity index (χ1n) is 10.7. The van der Waals surface area contributed by atoms with Gasteiger partial charge in [-0.3, -0.25) is 9.69 Å². The molecule has 0 aromatic heterocycles. The number of urea groups is 1. The van der Waals surface area contributed by atoms with Crippen LogP contribution in [0.15, 0.2) is 17.0 Å². The molecule has 0 spiro atoms. The van der Waals surface area contributed by atoms with Crippen LogP contribution in [0.25, 0.3) is 0 Å². The van der Waals surface area contributed by atoms with E-state index in [0.717, 1.165) is 16.7 Å². The summed E-state index contributed by atoms with van der Waals surface area (Å²) in [6, 6.07) is 3.20. The van der Waals surface area contributed by atoms with Crippen molar-refractivity contribution in [2.45, 2.75) is 76.7 Å². The zero-order valence-corrected chi connectivity index (χ0v) is 19.5. The van der Waals surface area contributed by atoms with Gasteiger partial charge in [-0.05, 0) is 40.9 Å². The molecule has 0 bridgehead atoms. The molecule has 1 atom stereocenters. The number of benzene rings is 1. The molecule has 1 unspecified atom stereocenters. The number of sulfonamides is 1. The third-order valence-electron chi connectivity index (χ3n) is 6.05. The summed E-state index contributed by atoms with van der Waals surface area (Å²) < 4.78 is 29.1. The molecule has 2 fully saturated rings. The average molecular weight is 436 g/mol. The quantitative estimate of drug-likeness (QED) is 0.694. The van der Waals surface area contributed by atoms with Crippen LogP contribution in [0.2, 0.25) is 0 Å². The van der Waals surface area contributed by atoms with Crippen LogP contribution in [-0.4, -0.2) is 55.2 Å². The maximum Gasteiger partial charge on any atom is 0.324 e. The molecule has 1 aromatic rings. The van der Waals surface area contributed by atoms with Gasteiger partial charge in [0.05, 0.1) is 17.5 Å². The minimum absolute atomic E-state index is 0.0201. The van der Waals surface area contributed by atoms with Crippen molar-refractivity contribution in [1.82, 2.24) is 14.5 Å². The van der Waals surface area contributed by atoms with Gasteiger partial charge in [-0.15, -0.1) is 0 Å². The van der Waals surface area contributed by atoms with E-state index < -0.39 is 22.1 Å². The summed E-state index contributed by atoms with van der Waals surface area (Å²) in [7, 11) is -3.77. The van der Waals surface area contributed by atoms with Gasteiger partial charge in [0.2, 0.25) is 15.9 Å². The Labute approximate surface area is 179 Å². The predicted octanol–water partition coefficient (Wildman–Crippen LogP) is 3.37. The zero-order valence-electron chi connectivity index (χ0n) is 18.7. The molecule has 3 amide bonds. The third kappa shape index (κ3) is 3.99. The van der Waals surface area contributed by atoms with Gasteiger partial charge in [0, 0.05) is 13.1 Å². The topological polar surface area (TPSA) is 86.8 Å². The van der Waals surface area contributed by atoms with Crippen LogP contribution in [-0.2, 0) is 14.8 Å². The summed E-state index contributed by atoms with van der Waals surface area (Å²) in [5.74, 6) is 0.106. The Morgan fingerprint density at radius 3 is 1.97 bits per heavy atom. The van der Waals surface area contributed by atoms with Crippen LogP contribution in [0, 0.1) is 0 Å². The highest BCUT2D eigenvalue weighted by Crippen LogP contribution is 2.37. The minimum Gasteiger partial charge on any atom is -0.329 e. The van der Waals surface area contributed by atoms with Crippen molar-refractivity contribution in [3.05, 3.63) is 28.8 Å². The van der Waals surface area contributed by atoms with Crippen LogP contribution in [0.3, 0.4) is 0 Å². The highest BCUT2D eigenvalue weighted by atomic mass is 32.2. The molecule has 1 N–H and O–H groups in total. The van der Waals surface area contributed by atoms with E-state index in [4.69, 9.17) is 0 Å². The Morgan fingerprint density at radius 2 is 1.53 bits per heavy atom. The van der Waals surface area contributed by atoms with Crippen LogP contribution >= 0.6 is 0 Å². The van der Waals surface area contributed by atoms with Crippen LogP contribution in [0.1, 0.15) is 82.4 Å². The minimum atomic E-state index is -3.77. The maximum atomic E-state index is 13.8. The molecular formula is C22H33N3O4S. The number of amides is 3. The van der Waals surface area contributed by atoms with Crippen molar-refractivity contribution in [2.24, 2.45) is 0 Å². The fraction of sp³-hybridized carbons (Fsp3) is 0.636. The van der Waals surface area contributed by atoms with E-state index in [2.05, 4.69) is 19.2 Å². The Morgan fingerprint density at radius 1 is 0.967 bits per heavy atom. The molecule has 0 radical (unpaired) electrons. The predicted molar refractivity (Wildman–Crippen MR) is 116 cm³/mol. The number of carbonyl (C=O) groups excluding carboxylic acids is 2. The molecular weight excluding hydrogens is 402 g/mol. The van der Waals surface area contributed by atoms with Gasteiger partial charge >= 0.3 is 6.03 Å². The van der Waals surface area contributed by atoms with Gasteiger partial charge in [-0.2, -0.15) is 4.31 Å². The number of hydrogen-bond donors (Lipinski definition) is 1. The summed E-state index contributed by atoms with van der Waals surface area (Å²) in [5, 5.41) is 2.52. The number of rotatable bonds is 6. The van der Waals surface area contributed by atoms with Gasteiger partial charge < -0.3 is 5.32 Å². The van der Waals surface area contributed by atoms with E-state index in [0.29, 0.717) is 23.8 Å². The summed E-state index contributed by atoms with van der Waals surface area (Å²) in [4.78, 5) is 25.7. The standard InChI is InChI=1S/C22H33N3O4S/c1-13(2)16-9-18(14(3)4)21(19(10-16)15(5)6)30(28,29)24-8-7-17(12-24)25-20(26)11-23-22(25)27/h9-10,13-15,17H,7-8,11-12H2,1-6H3,(H,23,27). The van der Waals surface area contributed by atoms with Crippen LogP contribution in [0.5, 0.6) is 0 Å².